The monoisotopic (exact) mass is 1190 g/mol. The molecule has 22 nitrogen and oxygen atoms in total. The molecular formula is C53H76Cl4N6O16. The van der Waals surface area contributed by atoms with E-state index in [4.69, 9.17) is 48.1 Å². The summed E-state index contributed by atoms with van der Waals surface area (Å²) in [6.07, 6.45) is 2.50. The number of methoxy groups -OCH3 is 6. The Balaban J connectivity index is 0.000000779. The number of hydrogen-bond donors (Lipinski definition) is 8. The Bertz CT molecular complexity index is 2350. The molecule has 2 aliphatic rings. The maximum atomic E-state index is 13.4. The molecule has 0 radical (unpaired) electrons. The van der Waals surface area contributed by atoms with Crippen molar-refractivity contribution in [2.45, 2.75) is 19.3 Å². The largest absolute Gasteiger partial charge is 0.507 e. The number of nitrogens with zero attached hydrogens (tertiary/aromatic N) is 2. The molecule has 26 heteroatoms. The highest BCUT2D eigenvalue weighted by Gasteiger charge is 2.38. The first-order chi connectivity index (χ1) is 36.4. The van der Waals surface area contributed by atoms with Crippen molar-refractivity contribution in [3.63, 3.8) is 0 Å². The van der Waals surface area contributed by atoms with Crippen molar-refractivity contribution in [3.8, 4) is 46.0 Å². The van der Waals surface area contributed by atoms with Crippen LogP contribution in [0.4, 0.5) is 11.4 Å². The number of aliphatic hydroxyl groups excluding tert-OH is 2. The lowest BCUT2D eigenvalue weighted by Crippen LogP contribution is -2.32. The lowest BCUT2D eigenvalue weighted by Gasteiger charge is -2.25. The summed E-state index contributed by atoms with van der Waals surface area (Å²) >= 11 is 0. The van der Waals surface area contributed by atoms with Crippen LogP contribution in [0.15, 0.2) is 48.5 Å². The first-order valence-electron chi connectivity index (χ1n) is 24.7. The third kappa shape index (κ3) is 19.4. The highest BCUT2D eigenvalue weighted by Crippen LogP contribution is 2.43. The number of halogens is 4. The zero-order valence-corrected chi connectivity index (χ0v) is 48.5. The quantitative estimate of drug-likeness (QED) is 0.0184. The molecule has 4 aromatic rings. The van der Waals surface area contributed by atoms with Crippen LogP contribution in [-0.2, 0) is 9.47 Å². The van der Waals surface area contributed by atoms with E-state index in [1.54, 1.807) is 36.4 Å². The van der Waals surface area contributed by atoms with Gasteiger partial charge in [-0.15, -0.1) is 49.6 Å². The van der Waals surface area contributed by atoms with E-state index in [0.717, 1.165) is 58.5 Å². The minimum Gasteiger partial charge on any atom is -0.507 e. The van der Waals surface area contributed by atoms with E-state index in [1.165, 1.54) is 54.8 Å². The van der Waals surface area contributed by atoms with Gasteiger partial charge in [0.2, 0.25) is 23.1 Å². The van der Waals surface area contributed by atoms with Gasteiger partial charge in [0.25, 0.3) is 0 Å². The molecule has 1 aliphatic carbocycles. The molecule has 0 unspecified atom stereocenters. The summed E-state index contributed by atoms with van der Waals surface area (Å²) in [5.74, 6) is -0.278. The van der Waals surface area contributed by atoms with Gasteiger partial charge < -0.3 is 89.4 Å². The fourth-order valence-corrected chi connectivity index (χ4v) is 8.58. The maximum Gasteiger partial charge on any atom is 0.338 e. The van der Waals surface area contributed by atoms with Crippen molar-refractivity contribution in [2.24, 2.45) is 0 Å². The van der Waals surface area contributed by atoms with Gasteiger partial charge in [-0.1, -0.05) is 0 Å². The van der Waals surface area contributed by atoms with Gasteiger partial charge in [0.1, 0.15) is 11.5 Å². The predicted molar refractivity (Wildman–Crippen MR) is 308 cm³/mol. The van der Waals surface area contributed by atoms with Gasteiger partial charge >= 0.3 is 11.9 Å². The van der Waals surface area contributed by atoms with Crippen LogP contribution in [0.1, 0.15) is 71.8 Å². The lowest BCUT2D eigenvalue weighted by atomic mass is 9.81. The van der Waals surface area contributed by atoms with E-state index < -0.39 is 23.5 Å². The second-order valence-corrected chi connectivity index (χ2v) is 17.1. The number of phenolic OH excluding ortho intramolecular Hbond substituents is 2. The topological polar surface area (TPSA) is 278 Å². The number of anilines is 2. The fraction of sp³-hybridized carbons (Fsp3) is 0.472. The average molecular weight is 1200 g/mol. The zero-order valence-electron chi connectivity index (χ0n) is 45.3. The third-order valence-corrected chi connectivity index (χ3v) is 12.3. The molecule has 1 heterocycles. The van der Waals surface area contributed by atoms with E-state index in [-0.39, 0.29) is 96.6 Å². The molecule has 0 aromatic heterocycles. The van der Waals surface area contributed by atoms with Gasteiger partial charge in [-0.05, 0) is 80.9 Å². The Morgan fingerprint density at radius 2 is 0.848 bits per heavy atom. The molecule has 0 bridgehead atoms. The van der Waals surface area contributed by atoms with E-state index in [9.17, 15) is 29.4 Å². The summed E-state index contributed by atoms with van der Waals surface area (Å²) in [4.78, 5) is 56.8. The van der Waals surface area contributed by atoms with Crippen LogP contribution < -0.4 is 49.7 Å². The van der Waals surface area contributed by atoms with Gasteiger partial charge in [-0.2, -0.15) is 0 Å². The van der Waals surface area contributed by atoms with Crippen molar-refractivity contribution < 1.29 is 77.5 Å². The Labute approximate surface area is 485 Å². The summed E-state index contributed by atoms with van der Waals surface area (Å²) in [5.41, 5.74) is 1.36. The number of fused-ring (bicyclic) bond motifs is 2. The summed E-state index contributed by atoms with van der Waals surface area (Å²) < 4.78 is 42.9. The third-order valence-electron chi connectivity index (χ3n) is 12.3. The Morgan fingerprint density at radius 1 is 0.494 bits per heavy atom. The number of carbonyl (C=O) groups excluding carboxylic acids is 4. The number of hydrogen-bond acceptors (Lipinski definition) is 22. The Morgan fingerprint density at radius 3 is 1.16 bits per heavy atom. The SMILES string of the molecule is COc1cc(C(=O)OCCCN2CCCN(CCCOC(=O)c3cc(OC)c(OC)c(OC)c3)CC2)cc(OC)c1OC.Cl.Cl.Cl.Cl.O=C1c2c(O)ccc(O)c2C(=O)c2c(NCCNCCO)ccc(NCCNCCO)c21. The zero-order chi connectivity index (χ0) is 54.3. The van der Waals surface area contributed by atoms with Gasteiger partial charge in [-0.25, -0.2) is 9.59 Å². The van der Waals surface area contributed by atoms with E-state index in [0.29, 0.717) is 109 Å². The molecule has 8 N–H and O–H groups in total. The number of aliphatic hydroxyl groups is 2. The van der Waals surface area contributed by atoms with Crippen LogP contribution in [-0.4, -0.2) is 201 Å². The second-order valence-electron chi connectivity index (χ2n) is 17.1. The first-order valence-corrected chi connectivity index (χ1v) is 24.7. The molecule has 0 saturated carbocycles. The van der Waals surface area contributed by atoms with Gasteiger partial charge in [-0.3, -0.25) is 9.59 Å². The standard InChI is InChI=1S/C31H44N2O10.C22H28N4O6.4ClH/c1-36-24-18-22(19-25(37-2)28(24)40-5)30(34)42-16-8-12-32-10-7-11-33(15-14-32)13-9-17-43-31(35)23-20-26(38-3)29(41-6)27(21-23)39-4;27-11-9-23-5-7-25-13-1-2-14(26-8-6-24-10-12-28)18-17(13)21(31)19-15(29)3-4-16(30)20(19)22(18)32;;;;/h18-21H,7-17H2,1-6H3;1-4,23-30H,5-12H2;4*1H. The number of benzene rings is 4. The molecule has 0 spiro atoms. The number of aromatic hydroxyl groups is 2. The van der Waals surface area contributed by atoms with Crippen molar-refractivity contribution >= 4 is 84.5 Å². The van der Waals surface area contributed by atoms with E-state index in [2.05, 4.69) is 31.1 Å². The number of nitrogens with one attached hydrogen (secondary N) is 4. The van der Waals surface area contributed by atoms with Crippen LogP contribution in [0.3, 0.4) is 0 Å². The molecule has 79 heavy (non-hydrogen) atoms. The summed E-state index contributed by atoms with van der Waals surface area (Å²) in [6, 6.07) is 12.1. The molecule has 1 fully saturated rings. The van der Waals surface area contributed by atoms with Gasteiger partial charge in [0, 0.05) is 76.8 Å². The molecule has 4 aromatic carbocycles. The molecule has 1 saturated heterocycles. The Hall–Kier alpha value is -5.92. The minimum absolute atomic E-state index is 0. The number of rotatable bonds is 28. The van der Waals surface area contributed by atoms with Gasteiger partial charge in [0.05, 0.1) is 102 Å². The van der Waals surface area contributed by atoms with E-state index in [1.807, 2.05) is 0 Å². The minimum atomic E-state index is -0.559. The van der Waals surface area contributed by atoms with Crippen LogP contribution in [0.25, 0.3) is 0 Å². The highest BCUT2D eigenvalue weighted by atomic mass is 35.5. The van der Waals surface area contributed by atoms with Crippen molar-refractivity contribution in [1.82, 2.24) is 20.4 Å². The van der Waals surface area contributed by atoms with Gasteiger partial charge in [0.15, 0.2) is 23.0 Å². The molecule has 442 valence electrons. The normalized spacial score (nSPS) is 12.6. The molecular weight excluding hydrogens is 1120 g/mol. The lowest BCUT2D eigenvalue weighted by molar-refractivity contribution is 0.0475. The summed E-state index contributed by atoms with van der Waals surface area (Å²) in [7, 11) is 9.04. The van der Waals surface area contributed by atoms with Crippen LogP contribution in [0, 0.1) is 0 Å². The average Bonchev–Trinajstić information content (AvgIpc) is 3.75. The second kappa shape index (κ2) is 37.1. The number of ketones is 2. The molecule has 6 rings (SSSR count). The predicted octanol–water partition coefficient (Wildman–Crippen LogP) is 5.09. The van der Waals surface area contributed by atoms with Crippen molar-refractivity contribution in [1.29, 1.82) is 0 Å². The molecule has 1 aliphatic heterocycles. The number of esters is 2. The number of phenols is 2. The van der Waals surface area contributed by atoms with Crippen LogP contribution in [0.5, 0.6) is 46.0 Å². The molecule has 0 atom stereocenters. The van der Waals surface area contributed by atoms with E-state index >= 15 is 0 Å². The highest BCUT2D eigenvalue weighted by molar-refractivity contribution is 6.33. The van der Waals surface area contributed by atoms with Crippen molar-refractivity contribution in [2.75, 3.05) is 158 Å². The number of carbonyl (C=O) groups is 4. The summed E-state index contributed by atoms with van der Waals surface area (Å²) in [5, 5.41) is 50.6. The fourth-order valence-electron chi connectivity index (χ4n) is 8.58. The smallest absolute Gasteiger partial charge is 0.338 e. The number of ether oxygens (including phenoxy) is 8. The van der Waals surface area contributed by atoms with Crippen LogP contribution in [0.2, 0.25) is 0 Å². The first kappa shape index (κ1) is 71.1. The summed E-state index contributed by atoms with van der Waals surface area (Å²) in [6.45, 7) is 8.91. The van der Waals surface area contributed by atoms with Crippen molar-refractivity contribution in [3.05, 3.63) is 81.9 Å². The van der Waals surface area contributed by atoms with Crippen LogP contribution >= 0.6 is 49.6 Å². The molecule has 0 amide bonds. The Kier molecular flexibility index (Phi) is 33.4. The maximum absolute atomic E-state index is 13.4.